The first kappa shape index (κ1) is 19.2. The molecule has 1 unspecified atom stereocenters. The van der Waals surface area contributed by atoms with Crippen molar-refractivity contribution in [2.75, 3.05) is 4.90 Å². The van der Waals surface area contributed by atoms with Gasteiger partial charge in [0.15, 0.2) is 5.43 Å². The third kappa shape index (κ3) is 3.00. The first-order valence-electron chi connectivity index (χ1n) is 9.05. The SMILES string of the molecule is O=C1c2oc3ccc(Br)cc3c(=O)c2C(c2ccc(F)cc2)N1c1cccc(Br)c1. The fourth-order valence-corrected chi connectivity index (χ4v) is 4.55. The minimum Gasteiger partial charge on any atom is -0.450 e. The molecule has 7 heteroatoms. The zero-order valence-corrected chi connectivity index (χ0v) is 18.4. The Balaban J connectivity index is 1.83. The van der Waals surface area contributed by atoms with E-state index in [4.69, 9.17) is 4.42 Å². The Morgan fingerprint density at radius 2 is 1.63 bits per heavy atom. The molecule has 5 rings (SSSR count). The lowest BCUT2D eigenvalue weighted by atomic mass is 9.98. The van der Waals surface area contributed by atoms with E-state index in [1.54, 1.807) is 48.5 Å². The van der Waals surface area contributed by atoms with Gasteiger partial charge in [0.05, 0.1) is 17.0 Å². The molecule has 1 aromatic heterocycles. The largest absolute Gasteiger partial charge is 0.450 e. The molecule has 0 aliphatic carbocycles. The van der Waals surface area contributed by atoms with Crippen LogP contribution in [0.5, 0.6) is 0 Å². The number of carbonyl (C=O) groups is 1. The summed E-state index contributed by atoms with van der Waals surface area (Å²) in [4.78, 5) is 28.4. The monoisotopic (exact) mass is 527 g/mol. The second-order valence-corrected chi connectivity index (χ2v) is 8.75. The number of benzene rings is 3. The van der Waals surface area contributed by atoms with Gasteiger partial charge in [0.2, 0.25) is 5.76 Å². The number of anilines is 1. The van der Waals surface area contributed by atoms with Crippen molar-refractivity contribution in [3.63, 3.8) is 0 Å². The molecule has 0 fully saturated rings. The van der Waals surface area contributed by atoms with Gasteiger partial charge in [-0.1, -0.05) is 50.1 Å². The predicted octanol–water partition coefficient (Wildman–Crippen LogP) is 6.21. The summed E-state index contributed by atoms with van der Waals surface area (Å²) in [6.07, 6.45) is 0. The highest BCUT2D eigenvalue weighted by molar-refractivity contribution is 9.10. The van der Waals surface area contributed by atoms with Gasteiger partial charge in [0, 0.05) is 14.6 Å². The zero-order chi connectivity index (χ0) is 21.0. The van der Waals surface area contributed by atoms with Gasteiger partial charge in [-0.05, 0) is 54.1 Å². The lowest BCUT2D eigenvalue weighted by molar-refractivity contribution is 0.0971. The summed E-state index contributed by atoms with van der Waals surface area (Å²) >= 11 is 6.81. The number of nitrogens with zero attached hydrogens (tertiary/aromatic N) is 1. The highest BCUT2D eigenvalue weighted by Gasteiger charge is 2.43. The van der Waals surface area contributed by atoms with Crippen molar-refractivity contribution < 1.29 is 13.6 Å². The van der Waals surface area contributed by atoms with Crippen LogP contribution < -0.4 is 10.3 Å². The Hall–Kier alpha value is -2.77. The molecular formula is C23H12Br2FNO3. The number of hydrogen-bond acceptors (Lipinski definition) is 3. The maximum absolute atomic E-state index is 13.6. The van der Waals surface area contributed by atoms with E-state index in [-0.39, 0.29) is 16.8 Å². The molecule has 1 aliphatic rings. The molecule has 2 heterocycles. The van der Waals surface area contributed by atoms with Gasteiger partial charge in [0.1, 0.15) is 11.4 Å². The van der Waals surface area contributed by atoms with Gasteiger partial charge in [-0.3, -0.25) is 14.5 Å². The Morgan fingerprint density at radius 3 is 2.37 bits per heavy atom. The van der Waals surface area contributed by atoms with Crippen LogP contribution in [0.15, 0.2) is 84.9 Å². The highest BCUT2D eigenvalue weighted by atomic mass is 79.9. The normalized spacial score (nSPS) is 15.6. The first-order chi connectivity index (χ1) is 14.4. The molecule has 4 nitrogen and oxygen atoms in total. The third-order valence-corrected chi connectivity index (χ3v) is 6.09. The standard InChI is InChI=1S/C23H12Br2FNO3/c24-13-2-1-3-16(10-13)27-20(12-4-7-15(26)8-5-12)19-21(28)17-11-14(25)6-9-18(17)30-22(19)23(27)29/h1-11,20H. The number of rotatable bonds is 2. The fourth-order valence-electron chi connectivity index (χ4n) is 3.80. The van der Waals surface area contributed by atoms with Gasteiger partial charge < -0.3 is 4.42 Å². The smallest absolute Gasteiger partial charge is 0.295 e. The topological polar surface area (TPSA) is 50.5 Å². The summed E-state index contributed by atoms with van der Waals surface area (Å²) in [6.45, 7) is 0. The van der Waals surface area contributed by atoms with Crippen LogP contribution in [-0.2, 0) is 0 Å². The van der Waals surface area contributed by atoms with E-state index in [9.17, 15) is 14.0 Å². The summed E-state index contributed by atoms with van der Waals surface area (Å²) in [5, 5.41) is 0.374. The lowest BCUT2D eigenvalue weighted by Crippen LogP contribution is -2.29. The number of halogens is 3. The highest BCUT2D eigenvalue weighted by Crippen LogP contribution is 2.41. The molecule has 0 N–H and O–H groups in total. The first-order valence-corrected chi connectivity index (χ1v) is 10.6. The third-order valence-electron chi connectivity index (χ3n) is 5.10. The van der Waals surface area contributed by atoms with Crippen LogP contribution in [-0.4, -0.2) is 5.91 Å². The van der Waals surface area contributed by atoms with Crippen molar-refractivity contribution >= 4 is 54.4 Å². The quantitative estimate of drug-likeness (QED) is 0.311. The van der Waals surface area contributed by atoms with E-state index < -0.39 is 17.8 Å². The molecule has 1 atom stereocenters. The van der Waals surface area contributed by atoms with Gasteiger partial charge in [-0.15, -0.1) is 0 Å². The predicted molar refractivity (Wildman–Crippen MR) is 119 cm³/mol. The van der Waals surface area contributed by atoms with Gasteiger partial charge >= 0.3 is 0 Å². The molecule has 1 amide bonds. The van der Waals surface area contributed by atoms with E-state index in [1.807, 2.05) is 6.07 Å². The van der Waals surface area contributed by atoms with Crippen LogP contribution in [0.3, 0.4) is 0 Å². The molecule has 0 saturated heterocycles. The Kier molecular flexibility index (Phi) is 4.60. The van der Waals surface area contributed by atoms with Gasteiger partial charge in [-0.2, -0.15) is 0 Å². The molecule has 148 valence electrons. The van der Waals surface area contributed by atoms with Crippen LogP contribution in [0, 0.1) is 5.82 Å². The fraction of sp³-hybridized carbons (Fsp3) is 0.0435. The van der Waals surface area contributed by atoms with Crippen molar-refractivity contribution in [2.45, 2.75) is 6.04 Å². The van der Waals surface area contributed by atoms with Crippen molar-refractivity contribution in [1.82, 2.24) is 0 Å². The molecule has 4 aromatic rings. The molecule has 30 heavy (non-hydrogen) atoms. The van der Waals surface area contributed by atoms with Crippen LogP contribution in [0.4, 0.5) is 10.1 Å². The van der Waals surface area contributed by atoms with Crippen molar-refractivity contribution in [3.8, 4) is 0 Å². The van der Waals surface area contributed by atoms with Gasteiger partial charge in [0.25, 0.3) is 5.91 Å². The summed E-state index contributed by atoms with van der Waals surface area (Å²) in [7, 11) is 0. The second-order valence-electron chi connectivity index (χ2n) is 6.92. The maximum Gasteiger partial charge on any atom is 0.295 e. The molecule has 0 saturated carbocycles. The van der Waals surface area contributed by atoms with Crippen molar-refractivity contribution in [1.29, 1.82) is 0 Å². The minimum atomic E-state index is -0.734. The Morgan fingerprint density at radius 1 is 0.900 bits per heavy atom. The number of fused-ring (bicyclic) bond motifs is 2. The maximum atomic E-state index is 13.6. The number of amides is 1. The van der Waals surface area contributed by atoms with E-state index in [1.165, 1.54) is 17.0 Å². The molecular weight excluding hydrogens is 517 g/mol. The van der Waals surface area contributed by atoms with Crippen LogP contribution >= 0.6 is 31.9 Å². The van der Waals surface area contributed by atoms with Crippen molar-refractivity contribution in [2.24, 2.45) is 0 Å². The number of carbonyl (C=O) groups excluding carboxylic acids is 1. The summed E-state index contributed by atoms with van der Waals surface area (Å²) in [5.41, 5.74) is 1.51. The average molecular weight is 529 g/mol. The molecule has 0 bridgehead atoms. The van der Waals surface area contributed by atoms with E-state index >= 15 is 0 Å². The average Bonchev–Trinajstić information content (AvgIpc) is 3.02. The summed E-state index contributed by atoms with van der Waals surface area (Å²) in [6, 6.07) is 17.4. The van der Waals surface area contributed by atoms with E-state index in [0.29, 0.717) is 22.2 Å². The van der Waals surface area contributed by atoms with Crippen LogP contribution in [0.25, 0.3) is 11.0 Å². The lowest BCUT2D eigenvalue weighted by Gasteiger charge is -2.25. The van der Waals surface area contributed by atoms with Crippen molar-refractivity contribution in [3.05, 3.63) is 109 Å². The Bertz CT molecular complexity index is 1380. The zero-order valence-electron chi connectivity index (χ0n) is 15.2. The summed E-state index contributed by atoms with van der Waals surface area (Å²) < 4.78 is 21.0. The van der Waals surface area contributed by atoms with Gasteiger partial charge in [-0.25, -0.2) is 4.39 Å². The van der Waals surface area contributed by atoms with E-state index in [2.05, 4.69) is 31.9 Å². The Labute approximate surface area is 187 Å². The minimum absolute atomic E-state index is 0.00382. The van der Waals surface area contributed by atoms with E-state index in [0.717, 1.165) is 8.95 Å². The number of hydrogen-bond donors (Lipinski definition) is 0. The van der Waals surface area contributed by atoms with Crippen LogP contribution in [0.2, 0.25) is 0 Å². The molecule has 0 radical (unpaired) electrons. The summed E-state index contributed by atoms with van der Waals surface area (Å²) in [5.74, 6) is -0.810. The second kappa shape index (κ2) is 7.18. The molecule has 3 aromatic carbocycles. The molecule has 0 spiro atoms. The molecule has 1 aliphatic heterocycles. The van der Waals surface area contributed by atoms with Crippen LogP contribution in [0.1, 0.15) is 27.7 Å².